The molecule has 0 saturated carbocycles. The largest absolute Gasteiger partial charge is 0.321 e. The summed E-state index contributed by atoms with van der Waals surface area (Å²) in [4.78, 5) is 4.39. The molecular formula is C12H15ClN4. The van der Waals surface area contributed by atoms with E-state index in [1.807, 2.05) is 38.1 Å². The summed E-state index contributed by atoms with van der Waals surface area (Å²) in [5.74, 6) is 1.64. The van der Waals surface area contributed by atoms with Crippen molar-refractivity contribution < 1.29 is 0 Å². The Hall–Kier alpha value is -1.39. The third kappa shape index (κ3) is 2.65. The van der Waals surface area contributed by atoms with Gasteiger partial charge in [0.05, 0.1) is 6.04 Å². The number of nitrogens with two attached hydrogens (primary N) is 1. The van der Waals surface area contributed by atoms with Crippen LogP contribution >= 0.6 is 11.6 Å². The molecule has 1 aromatic carbocycles. The van der Waals surface area contributed by atoms with Crippen molar-refractivity contribution in [2.45, 2.75) is 19.9 Å². The van der Waals surface area contributed by atoms with Crippen LogP contribution < -0.4 is 5.73 Å². The Morgan fingerprint density at radius 2 is 2.12 bits per heavy atom. The monoisotopic (exact) mass is 250 g/mol. The minimum Gasteiger partial charge on any atom is -0.321 e. The molecule has 0 saturated heterocycles. The molecule has 5 heteroatoms. The Balaban J connectivity index is 2.30. The maximum Gasteiger partial charge on any atom is 0.181 e. The first-order chi connectivity index (χ1) is 8.08. The normalized spacial score (nSPS) is 13.0. The van der Waals surface area contributed by atoms with Crippen molar-refractivity contribution in [1.29, 1.82) is 0 Å². The van der Waals surface area contributed by atoms with Crippen LogP contribution in [0.3, 0.4) is 0 Å². The third-order valence-electron chi connectivity index (χ3n) is 2.62. The highest BCUT2D eigenvalue weighted by molar-refractivity contribution is 6.30. The van der Waals surface area contributed by atoms with Gasteiger partial charge in [-0.1, -0.05) is 37.6 Å². The molecule has 2 rings (SSSR count). The zero-order valence-electron chi connectivity index (χ0n) is 9.81. The fourth-order valence-corrected chi connectivity index (χ4v) is 1.69. The number of aromatic amines is 1. The van der Waals surface area contributed by atoms with Gasteiger partial charge in [0.1, 0.15) is 5.82 Å². The second kappa shape index (κ2) is 4.85. The lowest BCUT2D eigenvalue weighted by Crippen LogP contribution is -2.18. The van der Waals surface area contributed by atoms with Gasteiger partial charge < -0.3 is 5.73 Å². The number of hydrogen-bond donors (Lipinski definition) is 2. The van der Waals surface area contributed by atoms with E-state index in [-0.39, 0.29) is 6.04 Å². The summed E-state index contributed by atoms with van der Waals surface area (Å²) in [5.41, 5.74) is 6.88. The highest BCUT2D eigenvalue weighted by atomic mass is 35.5. The van der Waals surface area contributed by atoms with Crippen LogP contribution in [-0.4, -0.2) is 15.2 Å². The average molecular weight is 251 g/mol. The number of rotatable bonds is 3. The van der Waals surface area contributed by atoms with Crippen molar-refractivity contribution >= 4 is 11.6 Å². The van der Waals surface area contributed by atoms with Crippen LogP contribution in [0.15, 0.2) is 24.3 Å². The maximum atomic E-state index is 6.00. The molecule has 0 fully saturated rings. The Bertz CT molecular complexity index is 507. The summed E-state index contributed by atoms with van der Waals surface area (Å²) in [7, 11) is 0. The second-order valence-corrected chi connectivity index (χ2v) is 4.76. The Labute approximate surface area is 105 Å². The Kier molecular flexibility index (Phi) is 3.45. The number of hydrogen-bond acceptors (Lipinski definition) is 3. The van der Waals surface area contributed by atoms with Gasteiger partial charge in [-0.05, 0) is 18.1 Å². The zero-order chi connectivity index (χ0) is 12.4. The highest BCUT2D eigenvalue weighted by Crippen LogP contribution is 2.21. The molecule has 0 unspecified atom stereocenters. The van der Waals surface area contributed by atoms with Gasteiger partial charge in [-0.15, -0.1) is 0 Å². The van der Waals surface area contributed by atoms with E-state index in [2.05, 4.69) is 15.2 Å². The summed E-state index contributed by atoms with van der Waals surface area (Å²) in [6, 6.07) is 7.30. The lowest BCUT2D eigenvalue weighted by atomic mass is 10.1. The minimum atomic E-state index is -0.129. The number of nitrogens with zero attached hydrogens (tertiary/aromatic N) is 2. The predicted octanol–water partition coefficient (Wildman–Crippen LogP) is 2.78. The van der Waals surface area contributed by atoms with Crippen molar-refractivity contribution in [2.75, 3.05) is 0 Å². The van der Waals surface area contributed by atoms with Gasteiger partial charge in [0.25, 0.3) is 0 Å². The summed E-state index contributed by atoms with van der Waals surface area (Å²) >= 11 is 5.92. The van der Waals surface area contributed by atoms with E-state index >= 15 is 0 Å². The molecule has 1 atom stereocenters. The number of H-pyrrole nitrogens is 1. The molecule has 0 aliphatic rings. The fraction of sp³-hybridized carbons (Fsp3) is 0.333. The van der Waals surface area contributed by atoms with Crippen molar-refractivity contribution in [2.24, 2.45) is 11.7 Å². The predicted molar refractivity (Wildman–Crippen MR) is 68.6 cm³/mol. The average Bonchev–Trinajstić information content (AvgIpc) is 2.77. The molecule has 90 valence electrons. The molecule has 0 aliphatic carbocycles. The smallest absolute Gasteiger partial charge is 0.181 e. The quantitative estimate of drug-likeness (QED) is 0.880. The molecule has 3 N–H and O–H groups in total. The van der Waals surface area contributed by atoms with E-state index in [4.69, 9.17) is 17.3 Å². The highest BCUT2D eigenvalue weighted by Gasteiger charge is 2.15. The molecule has 0 spiro atoms. The van der Waals surface area contributed by atoms with Crippen LogP contribution in [0.5, 0.6) is 0 Å². The molecule has 17 heavy (non-hydrogen) atoms. The van der Waals surface area contributed by atoms with Crippen LogP contribution in [0.4, 0.5) is 0 Å². The van der Waals surface area contributed by atoms with Crippen LogP contribution in [0, 0.1) is 5.92 Å². The number of nitrogens with one attached hydrogen (secondary N) is 1. The summed E-state index contributed by atoms with van der Waals surface area (Å²) in [5, 5.41) is 7.70. The van der Waals surface area contributed by atoms with Crippen molar-refractivity contribution in [3.05, 3.63) is 35.1 Å². The van der Waals surface area contributed by atoms with E-state index < -0.39 is 0 Å². The molecule has 1 heterocycles. The molecule has 0 bridgehead atoms. The lowest BCUT2D eigenvalue weighted by Gasteiger charge is -2.11. The van der Waals surface area contributed by atoms with E-state index in [9.17, 15) is 0 Å². The van der Waals surface area contributed by atoms with Crippen LogP contribution in [0.1, 0.15) is 25.7 Å². The molecule has 1 aromatic heterocycles. The first-order valence-electron chi connectivity index (χ1n) is 5.51. The van der Waals surface area contributed by atoms with Gasteiger partial charge >= 0.3 is 0 Å². The zero-order valence-corrected chi connectivity index (χ0v) is 10.6. The maximum absolute atomic E-state index is 6.00. The first-order valence-corrected chi connectivity index (χ1v) is 5.89. The molecule has 4 nitrogen and oxygen atoms in total. The minimum absolute atomic E-state index is 0.129. The Morgan fingerprint density at radius 1 is 1.35 bits per heavy atom. The third-order valence-corrected chi connectivity index (χ3v) is 2.85. The van der Waals surface area contributed by atoms with E-state index in [1.165, 1.54) is 0 Å². The fourth-order valence-electron chi connectivity index (χ4n) is 1.50. The van der Waals surface area contributed by atoms with E-state index in [0.29, 0.717) is 22.6 Å². The molecule has 0 radical (unpaired) electrons. The van der Waals surface area contributed by atoms with Gasteiger partial charge in [0.15, 0.2) is 5.82 Å². The van der Waals surface area contributed by atoms with E-state index in [1.54, 1.807) is 0 Å². The lowest BCUT2D eigenvalue weighted by molar-refractivity contribution is 0.492. The van der Waals surface area contributed by atoms with Gasteiger partial charge in [-0.25, -0.2) is 4.98 Å². The Morgan fingerprint density at radius 3 is 2.76 bits per heavy atom. The molecule has 0 amide bonds. The SMILES string of the molecule is CC(C)[C@@H](N)c1nc(-c2cccc(Cl)c2)n[nH]1. The van der Waals surface area contributed by atoms with Crippen molar-refractivity contribution in [1.82, 2.24) is 15.2 Å². The molecule has 2 aromatic rings. The number of benzene rings is 1. The van der Waals surface area contributed by atoms with Gasteiger partial charge in [0, 0.05) is 10.6 Å². The first kappa shape index (κ1) is 12.1. The number of halogens is 1. The van der Waals surface area contributed by atoms with Crippen LogP contribution in [0.2, 0.25) is 5.02 Å². The van der Waals surface area contributed by atoms with Gasteiger partial charge in [-0.3, -0.25) is 5.10 Å². The van der Waals surface area contributed by atoms with E-state index in [0.717, 1.165) is 5.56 Å². The van der Waals surface area contributed by atoms with Crippen LogP contribution in [0.25, 0.3) is 11.4 Å². The molecule has 0 aliphatic heterocycles. The van der Waals surface area contributed by atoms with Crippen molar-refractivity contribution in [3.63, 3.8) is 0 Å². The van der Waals surface area contributed by atoms with Gasteiger partial charge in [-0.2, -0.15) is 5.10 Å². The molecular weight excluding hydrogens is 236 g/mol. The topological polar surface area (TPSA) is 67.6 Å². The summed E-state index contributed by atoms with van der Waals surface area (Å²) < 4.78 is 0. The standard InChI is InChI=1S/C12H15ClN4/c1-7(2)10(14)12-15-11(16-17-12)8-4-3-5-9(13)6-8/h3-7,10H,14H2,1-2H3,(H,15,16,17)/t10-/m1/s1. The second-order valence-electron chi connectivity index (χ2n) is 4.32. The summed E-state index contributed by atoms with van der Waals surface area (Å²) in [6.45, 7) is 4.10. The van der Waals surface area contributed by atoms with Gasteiger partial charge in [0.2, 0.25) is 0 Å². The van der Waals surface area contributed by atoms with Crippen LogP contribution in [-0.2, 0) is 0 Å². The summed E-state index contributed by atoms with van der Waals surface area (Å²) in [6.07, 6.45) is 0. The number of aromatic nitrogens is 3. The van der Waals surface area contributed by atoms with Crippen molar-refractivity contribution in [3.8, 4) is 11.4 Å².